The van der Waals surface area contributed by atoms with E-state index < -0.39 is 24.7 Å². The maximum Gasteiger partial charge on any atom is 0.406 e. The molecule has 4 rings (SSSR count). The molecule has 0 radical (unpaired) electrons. The average molecular weight is 389 g/mol. The molecule has 28 heavy (non-hydrogen) atoms. The molecule has 7 nitrogen and oxygen atoms in total. The Labute approximate surface area is 157 Å². The van der Waals surface area contributed by atoms with Gasteiger partial charge in [-0.05, 0) is 25.1 Å². The van der Waals surface area contributed by atoms with Crippen LogP contribution >= 0.6 is 0 Å². The number of pyridine rings is 2. The van der Waals surface area contributed by atoms with E-state index in [0.717, 1.165) is 0 Å². The highest BCUT2D eigenvalue weighted by Gasteiger charge is 2.43. The molecule has 0 fully saturated rings. The lowest BCUT2D eigenvalue weighted by atomic mass is 9.93. The monoisotopic (exact) mass is 389 g/mol. The standard InChI is InChI=1S/C18H14F3N5O2/c1-2-28-16-10(4-3-5-22-16)13-6-14-11(7-23-13)15-12(8-24-25-15)17(27)26(14)9-18(19,20)21/h3-8,15H,2,9H2,1H3. The van der Waals surface area contributed by atoms with Crippen LogP contribution in [0.15, 0.2) is 52.6 Å². The van der Waals surface area contributed by atoms with Crippen LogP contribution in [0.2, 0.25) is 0 Å². The van der Waals surface area contributed by atoms with E-state index in [1.807, 2.05) is 0 Å². The molecule has 144 valence electrons. The van der Waals surface area contributed by atoms with Gasteiger partial charge in [0.05, 0.1) is 35.3 Å². The molecule has 0 aliphatic carbocycles. The van der Waals surface area contributed by atoms with Crippen molar-refractivity contribution in [3.05, 3.63) is 47.9 Å². The third-order valence-corrected chi connectivity index (χ3v) is 4.33. The van der Waals surface area contributed by atoms with Crippen molar-refractivity contribution in [3.63, 3.8) is 0 Å². The van der Waals surface area contributed by atoms with Gasteiger partial charge in [0, 0.05) is 18.0 Å². The molecule has 0 aromatic carbocycles. The molecule has 1 unspecified atom stereocenters. The second-order valence-corrected chi connectivity index (χ2v) is 6.14. The minimum atomic E-state index is -4.57. The largest absolute Gasteiger partial charge is 0.477 e. The first-order valence-corrected chi connectivity index (χ1v) is 8.46. The lowest BCUT2D eigenvalue weighted by Gasteiger charge is -2.32. The van der Waals surface area contributed by atoms with E-state index in [0.29, 0.717) is 34.2 Å². The molecule has 2 aromatic rings. The number of anilines is 1. The summed E-state index contributed by atoms with van der Waals surface area (Å²) in [6, 6.07) is 4.06. The number of fused-ring (bicyclic) bond motifs is 3. The van der Waals surface area contributed by atoms with Crippen LogP contribution in [0.25, 0.3) is 11.3 Å². The van der Waals surface area contributed by atoms with Crippen molar-refractivity contribution in [2.45, 2.75) is 19.1 Å². The van der Waals surface area contributed by atoms with Crippen LogP contribution in [0.1, 0.15) is 18.5 Å². The lowest BCUT2D eigenvalue weighted by molar-refractivity contribution is -0.130. The van der Waals surface area contributed by atoms with Gasteiger partial charge < -0.3 is 4.74 Å². The smallest absolute Gasteiger partial charge is 0.406 e. The van der Waals surface area contributed by atoms with Crippen LogP contribution in [0.5, 0.6) is 5.88 Å². The number of carbonyl (C=O) groups excluding carboxylic acids is 1. The molecular weight excluding hydrogens is 375 g/mol. The van der Waals surface area contributed by atoms with Crippen molar-refractivity contribution in [2.75, 3.05) is 18.1 Å². The number of azo groups is 1. The van der Waals surface area contributed by atoms with Crippen LogP contribution in [-0.2, 0) is 4.79 Å². The van der Waals surface area contributed by atoms with Gasteiger partial charge in [0.2, 0.25) is 5.88 Å². The minimum absolute atomic E-state index is 0.0987. The van der Waals surface area contributed by atoms with Gasteiger partial charge in [-0.15, -0.1) is 0 Å². The molecule has 1 atom stereocenters. The number of rotatable bonds is 4. The fourth-order valence-corrected chi connectivity index (χ4v) is 3.18. The van der Waals surface area contributed by atoms with Crippen LogP contribution in [-0.4, -0.2) is 35.2 Å². The highest BCUT2D eigenvalue weighted by Crippen LogP contribution is 2.44. The Balaban J connectivity index is 1.85. The van der Waals surface area contributed by atoms with Gasteiger partial charge in [-0.25, -0.2) is 4.98 Å². The fourth-order valence-electron chi connectivity index (χ4n) is 3.18. The number of hydrogen-bond donors (Lipinski definition) is 0. The van der Waals surface area contributed by atoms with Gasteiger partial charge >= 0.3 is 6.18 Å². The minimum Gasteiger partial charge on any atom is -0.477 e. The maximum atomic E-state index is 13.1. The van der Waals surface area contributed by atoms with Crippen molar-refractivity contribution in [2.24, 2.45) is 10.2 Å². The van der Waals surface area contributed by atoms with E-state index in [1.165, 1.54) is 18.5 Å². The van der Waals surface area contributed by atoms with E-state index in [2.05, 4.69) is 20.2 Å². The summed E-state index contributed by atoms with van der Waals surface area (Å²) in [5.74, 6) is -0.462. The molecule has 0 saturated carbocycles. The van der Waals surface area contributed by atoms with E-state index >= 15 is 0 Å². The predicted octanol–water partition coefficient (Wildman–Crippen LogP) is 3.84. The van der Waals surface area contributed by atoms with Crippen molar-refractivity contribution in [1.29, 1.82) is 0 Å². The number of carbonyl (C=O) groups is 1. The summed E-state index contributed by atoms with van der Waals surface area (Å²) in [6.07, 6.45) is -0.405. The first kappa shape index (κ1) is 18.1. The number of alkyl halides is 3. The van der Waals surface area contributed by atoms with Crippen molar-refractivity contribution in [3.8, 4) is 17.1 Å². The van der Waals surface area contributed by atoms with Crippen LogP contribution < -0.4 is 9.64 Å². The van der Waals surface area contributed by atoms with Gasteiger partial charge in [-0.3, -0.25) is 14.7 Å². The van der Waals surface area contributed by atoms with E-state index in [4.69, 9.17) is 4.74 Å². The molecule has 4 heterocycles. The molecule has 0 spiro atoms. The molecule has 2 aromatic heterocycles. The summed E-state index contributed by atoms with van der Waals surface area (Å²) in [6.45, 7) is 0.739. The molecule has 2 aliphatic heterocycles. The Morgan fingerprint density at radius 2 is 2.11 bits per heavy atom. The summed E-state index contributed by atoms with van der Waals surface area (Å²) >= 11 is 0. The Morgan fingerprint density at radius 1 is 1.29 bits per heavy atom. The fraction of sp³-hybridized carbons (Fsp3) is 0.278. The van der Waals surface area contributed by atoms with Gasteiger partial charge in [-0.2, -0.15) is 23.4 Å². The van der Waals surface area contributed by atoms with E-state index in [-0.39, 0.29) is 11.3 Å². The summed E-state index contributed by atoms with van der Waals surface area (Å²) < 4.78 is 44.9. The number of aromatic nitrogens is 2. The highest BCUT2D eigenvalue weighted by molar-refractivity contribution is 6.10. The molecular formula is C18H14F3N5O2. The number of ether oxygens (including phenoxy) is 1. The van der Waals surface area contributed by atoms with Crippen molar-refractivity contribution >= 4 is 11.6 Å². The van der Waals surface area contributed by atoms with Crippen molar-refractivity contribution in [1.82, 2.24) is 9.97 Å². The topological polar surface area (TPSA) is 80.0 Å². The lowest BCUT2D eigenvalue weighted by Crippen LogP contribution is -2.43. The first-order valence-electron chi connectivity index (χ1n) is 8.46. The quantitative estimate of drug-likeness (QED) is 0.796. The molecule has 0 bridgehead atoms. The maximum absolute atomic E-state index is 13.1. The highest BCUT2D eigenvalue weighted by atomic mass is 19.4. The normalized spacial score (nSPS) is 18.0. The second-order valence-electron chi connectivity index (χ2n) is 6.14. The van der Waals surface area contributed by atoms with Crippen LogP contribution in [0.4, 0.5) is 18.9 Å². The summed E-state index contributed by atoms with van der Waals surface area (Å²) in [5, 5.41) is 7.66. The first-order chi connectivity index (χ1) is 13.4. The van der Waals surface area contributed by atoms with Gasteiger partial charge in [0.25, 0.3) is 5.91 Å². The number of amides is 1. The molecule has 10 heteroatoms. The van der Waals surface area contributed by atoms with Gasteiger partial charge in [0.15, 0.2) is 0 Å². The number of hydrogen-bond acceptors (Lipinski definition) is 6. The summed E-state index contributed by atoms with van der Waals surface area (Å²) in [5.41, 5.74) is 1.45. The zero-order chi connectivity index (χ0) is 19.9. The number of halogens is 3. The van der Waals surface area contributed by atoms with Crippen LogP contribution in [0, 0.1) is 0 Å². The third-order valence-electron chi connectivity index (χ3n) is 4.33. The summed E-state index contributed by atoms with van der Waals surface area (Å²) in [7, 11) is 0. The second kappa shape index (κ2) is 6.70. The predicted molar refractivity (Wildman–Crippen MR) is 92.7 cm³/mol. The van der Waals surface area contributed by atoms with E-state index in [1.54, 1.807) is 25.3 Å². The van der Waals surface area contributed by atoms with E-state index in [9.17, 15) is 18.0 Å². The van der Waals surface area contributed by atoms with Gasteiger partial charge in [-0.1, -0.05) is 0 Å². The number of nitrogens with zero attached hydrogens (tertiary/aromatic N) is 5. The van der Waals surface area contributed by atoms with Crippen LogP contribution in [0.3, 0.4) is 0 Å². The molecule has 0 N–H and O–H groups in total. The average Bonchev–Trinajstić information content (AvgIpc) is 3.15. The third kappa shape index (κ3) is 3.10. The molecule has 0 saturated heterocycles. The Morgan fingerprint density at radius 3 is 2.86 bits per heavy atom. The summed E-state index contributed by atoms with van der Waals surface area (Å²) in [4.78, 5) is 21.8. The van der Waals surface area contributed by atoms with Gasteiger partial charge in [0.1, 0.15) is 12.6 Å². The zero-order valence-electron chi connectivity index (χ0n) is 14.6. The molecule has 2 aliphatic rings. The Kier molecular flexibility index (Phi) is 4.33. The zero-order valence-corrected chi connectivity index (χ0v) is 14.6. The molecule has 1 amide bonds. The Hall–Kier alpha value is -3.30. The van der Waals surface area contributed by atoms with Crippen molar-refractivity contribution < 1.29 is 22.7 Å². The SMILES string of the molecule is CCOc1ncccc1-c1cc2c(cn1)C1N=NC=C1C(=O)N2CC(F)(F)F. The Bertz CT molecular complexity index is 1000.